The quantitative estimate of drug-likeness (QED) is 0.307. The van der Waals surface area contributed by atoms with Crippen molar-refractivity contribution in [2.75, 3.05) is 0 Å². The summed E-state index contributed by atoms with van der Waals surface area (Å²) in [7, 11) is 0. The number of benzene rings is 2. The van der Waals surface area contributed by atoms with Crippen molar-refractivity contribution in [1.82, 2.24) is 4.57 Å². The van der Waals surface area contributed by atoms with Crippen molar-refractivity contribution < 1.29 is 0 Å². The molecule has 1 heterocycles. The molecule has 0 spiro atoms. The number of allylic oxidation sites excluding steroid dienone is 1. The zero-order chi connectivity index (χ0) is 18.8. The Morgan fingerprint density at radius 2 is 1.77 bits per heavy atom. The molecule has 3 rings (SSSR count). The Morgan fingerprint density at radius 3 is 2.38 bits per heavy atom. The van der Waals surface area contributed by atoms with E-state index < -0.39 is 0 Å². The number of aryl methyl sites for hydroxylation is 2. The fourth-order valence-corrected chi connectivity index (χ4v) is 3.53. The first-order valence-corrected chi connectivity index (χ1v) is 9.69. The lowest BCUT2D eigenvalue weighted by Crippen LogP contribution is -2.00. The smallest absolute Gasteiger partial charge is 0.0998 e. The molecule has 26 heavy (non-hydrogen) atoms. The molecule has 0 saturated carbocycles. The molecule has 3 aromatic rings. The minimum Gasteiger partial charge on any atom is -0.318 e. The van der Waals surface area contributed by atoms with E-state index in [1.54, 1.807) is 12.1 Å². The number of nitriles is 1. The van der Waals surface area contributed by atoms with E-state index >= 15 is 0 Å². The van der Waals surface area contributed by atoms with E-state index in [0.717, 1.165) is 28.2 Å². The second kappa shape index (κ2) is 7.69. The number of rotatable bonds is 3. The number of halogens is 2. The lowest BCUT2D eigenvalue weighted by Gasteiger charge is -2.11. The summed E-state index contributed by atoms with van der Waals surface area (Å²) in [4.78, 5) is 0. The molecule has 130 valence electrons. The summed E-state index contributed by atoms with van der Waals surface area (Å²) in [6.07, 6.45) is 1.95. The van der Waals surface area contributed by atoms with Crippen LogP contribution in [0.25, 0.3) is 17.3 Å². The third-order valence-electron chi connectivity index (χ3n) is 4.45. The molecule has 4 heteroatoms. The van der Waals surface area contributed by atoms with Crippen LogP contribution in [0.5, 0.6) is 0 Å². The Kier molecular flexibility index (Phi) is 5.55. The van der Waals surface area contributed by atoms with Crippen molar-refractivity contribution in [3.8, 4) is 11.8 Å². The third-order valence-corrected chi connectivity index (χ3v) is 5.91. The Morgan fingerprint density at radius 1 is 1.08 bits per heavy atom. The zero-order valence-corrected chi connectivity index (χ0v) is 17.8. The van der Waals surface area contributed by atoms with Crippen LogP contribution >= 0.6 is 34.2 Å². The van der Waals surface area contributed by atoms with Gasteiger partial charge in [0.2, 0.25) is 0 Å². The maximum atomic E-state index is 9.60. The predicted molar refractivity (Wildman–Crippen MR) is 118 cm³/mol. The summed E-state index contributed by atoms with van der Waals surface area (Å²) >= 11 is 8.30. The third kappa shape index (κ3) is 3.72. The number of hydrogen-bond acceptors (Lipinski definition) is 1. The van der Waals surface area contributed by atoms with E-state index in [2.05, 4.69) is 78.3 Å². The monoisotopic (exact) mass is 472 g/mol. The summed E-state index contributed by atoms with van der Waals surface area (Å²) in [5.41, 5.74) is 7.19. The van der Waals surface area contributed by atoms with Crippen molar-refractivity contribution in [2.24, 2.45) is 0 Å². The van der Waals surface area contributed by atoms with Crippen LogP contribution in [0.3, 0.4) is 0 Å². The first-order chi connectivity index (χ1) is 12.4. The molecule has 0 bridgehead atoms. The minimum atomic E-state index is 0.626. The van der Waals surface area contributed by atoms with Gasteiger partial charge in [-0.15, -0.1) is 0 Å². The molecule has 0 fully saturated rings. The van der Waals surface area contributed by atoms with E-state index in [4.69, 9.17) is 11.6 Å². The van der Waals surface area contributed by atoms with Crippen LogP contribution in [0.15, 0.2) is 48.5 Å². The average molecular weight is 473 g/mol. The molecule has 0 unspecified atom stereocenters. The Bertz CT molecular complexity index is 1040. The highest BCUT2D eigenvalue weighted by atomic mass is 127. The summed E-state index contributed by atoms with van der Waals surface area (Å²) in [6.45, 7) is 6.30. The van der Waals surface area contributed by atoms with Gasteiger partial charge in [0.25, 0.3) is 0 Å². The van der Waals surface area contributed by atoms with Gasteiger partial charge in [-0.25, -0.2) is 0 Å². The molecule has 0 N–H and O–H groups in total. The highest BCUT2D eigenvalue weighted by Gasteiger charge is 2.11. The van der Waals surface area contributed by atoms with E-state index in [-0.39, 0.29) is 0 Å². The molecule has 1 aromatic heterocycles. The number of aromatic nitrogens is 1. The van der Waals surface area contributed by atoms with Gasteiger partial charge in [0.05, 0.1) is 11.6 Å². The van der Waals surface area contributed by atoms with Gasteiger partial charge in [-0.1, -0.05) is 23.7 Å². The predicted octanol–water partition coefficient (Wildman–Crippen LogP) is 6.72. The first-order valence-electron chi connectivity index (χ1n) is 8.24. The second-order valence-corrected chi connectivity index (χ2v) is 7.87. The molecular formula is C22H18ClIN2. The van der Waals surface area contributed by atoms with E-state index in [1.165, 1.54) is 9.13 Å². The molecule has 0 aliphatic rings. The number of hydrogen-bond donors (Lipinski definition) is 0. The SMILES string of the molecule is Cc1cc(-n2c(C)cc(C=C(C#N)c3ccc(Cl)cc3)c2C)ccc1I. The van der Waals surface area contributed by atoms with E-state index in [9.17, 15) is 5.26 Å². The molecule has 2 aromatic carbocycles. The van der Waals surface area contributed by atoms with Gasteiger partial charge < -0.3 is 4.57 Å². The second-order valence-electron chi connectivity index (χ2n) is 6.27. The van der Waals surface area contributed by atoms with Crippen LogP contribution in [0.4, 0.5) is 0 Å². The van der Waals surface area contributed by atoms with Crippen molar-refractivity contribution in [1.29, 1.82) is 5.26 Å². The molecule has 0 amide bonds. The van der Waals surface area contributed by atoms with Crippen LogP contribution in [-0.4, -0.2) is 4.57 Å². The van der Waals surface area contributed by atoms with Gasteiger partial charge >= 0.3 is 0 Å². The fourth-order valence-electron chi connectivity index (χ4n) is 3.06. The highest BCUT2D eigenvalue weighted by Crippen LogP contribution is 2.27. The highest BCUT2D eigenvalue weighted by molar-refractivity contribution is 14.1. The molecule has 0 aliphatic carbocycles. The standard InChI is InChI=1S/C22H18ClIN2/c1-14-10-21(8-9-22(14)24)26-15(2)11-18(16(26)3)12-19(13-25)17-4-6-20(23)7-5-17/h4-12H,1-3H3. The largest absolute Gasteiger partial charge is 0.318 e. The fraction of sp³-hybridized carbons (Fsp3) is 0.136. The molecular weight excluding hydrogens is 455 g/mol. The molecule has 0 aliphatic heterocycles. The van der Waals surface area contributed by atoms with Gasteiger partial charge in [0.15, 0.2) is 0 Å². The normalized spacial score (nSPS) is 11.5. The summed E-state index contributed by atoms with van der Waals surface area (Å²) in [5, 5.41) is 10.3. The van der Waals surface area contributed by atoms with Crippen LogP contribution in [0.1, 0.15) is 28.1 Å². The molecule has 2 nitrogen and oxygen atoms in total. The Hall–Kier alpha value is -2.03. The first kappa shape index (κ1) is 18.8. The Balaban J connectivity index is 2.08. The number of nitrogens with zero attached hydrogens (tertiary/aromatic N) is 2. The van der Waals surface area contributed by atoms with E-state index in [1.807, 2.05) is 18.2 Å². The van der Waals surface area contributed by atoms with E-state index in [0.29, 0.717) is 10.6 Å². The van der Waals surface area contributed by atoms with Gasteiger partial charge in [-0.2, -0.15) is 5.26 Å². The molecule has 0 atom stereocenters. The van der Waals surface area contributed by atoms with Gasteiger partial charge in [0.1, 0.15) is 0 Å². The van der Waals surface area contributed by atoms with Gasteiger partial charge in [0, 0.05) is 25.7 Å². The Labute approximate surface area is 172 Å². The van der Waals surface area contributed by atoms with Crippen molar-refractivity contribution in [3.63, 3.8) is 0 Å². The summed E-state index contributed by atoms with van der Waals surface area (Å²) < 4.78 is 3.48. The average Bonchev–Trinajstić information content (AvgIpc) is 2.90. The minimum absolute atomic E-state index is 0.626. The lowest BCUT2D eigenvalue weighted by molar-refractivity contribution is 0.961. The van der Waals surface area contributed by atoms with Crippen LogP contribution in [-0.2, 0) is 0 Å². The van der Waals surface area contributed by atoms with Crippen LogP contribution < -0.4 is 0 Å². The lowest BCUT2D eigenvalue weighted by atomic mass is 10.0. The summed E-state index contributed by atoms with van der Waals surface area (Å²) in [6, 6.07) is 18.2. The van der Waals surface area contributed by atoms with Crippen LogP contribution in [0, 0.1) is 35.7 Å². The van der Waals surface area contributed by atoms with Crippen LogP contribution in [0.2, 0.25) is 5.02 Å². The maximum Gasteiger partial charge on any atom is 0.0998 e. The molecule has 0 saturated heterocycles. The van der Waals surface area contributed by atoms with Crippen molar-refractivity contribution in [2.45, 2.75) is 20.8 Å². The molecule has 0 radical (unpaired) electrons. The van der Waals surface area contributed by atoms with Gasteiger partial charge in [-0.3, -0.25) is 0 Å². The van der Waals surface area contributed by atoms with Gasteiger partial charge in [-0.05, 0) is 103 Å². The van der Waals surface area contributed by atoms with Crippen molar-refractivity contribution >= 4 is 45.8 Å². The zero-order valence-electron chi connectivity index (χ0n) is 14.8. The van der Waals surface area contributed by atoms with Crippen molar-refractivity contribution in [3.05, 3.63) is 85.2 Å². The maximum absolute atomic E-state index is 9.60. The summed E-state index contributed by atoms with van der Waals surface area (Å²) in [5.74, 6) is 0. The topological polar surface area (TPSA) is 28.7 Å².